The third-order valence-electron chi connectivity index (χ3n) is 4.05. The van der Waals surface area contributed by atoms with Crippen molar-refractivity contribution >= 4 is 74.8 Å². The Labute approximate surface area is 217 Å². The number of carbonyl (C=O) groups is 2. The third-order valence-corrected chi connectivity index (χ3v) is 5.85. The van der Waals surface area contributed by atoms with Crippen LogP contribution in [0.4, 0.5) is 5.69 Å². The molecule has 0 aliphatic carbocycles. The van der Waals surface area contributed by atoms with E-state index in [2.05, 4.69) is 32.7 Å². The molecule has 0 aliphatic heterocycles. The number of carbonyl (C=O) groups excluding carboxylic acids is 2. The fourth-order valence-electron chi connectivity index (χ4n) is 2.04. The molecule has 0 bridgehead atoms. The highest BCUT2D eigenvalue weighted by atomic mass is 35.5. The lowest BCUT2D eigenvalue weighted by molar-refractivity contribution is -0.116. The summed E-state index contributed by atoms with van der Waals surface area (Å²) in [4.78, 5) is 24.0. The number of nitrogens with zero attached hydrogens (tertiary/aromatic N) is 3. The van der Waals surface area contributed by atoms with Gasteiger partial charge < -0.3 is 15.5 Å². The van der Waals surface area contributed by atoms with Crippen molar-refractivity contribution in [3.8, 4) is 0 Å². The van der Waals surface area contributed by atoms with Crippen molar-refractivity contribution in [2.75, 3.05) is 5.73 Å². The molecule has 0 saturated heterocycles. The summed E-state index contributed by atoms with van der Waals surface area (Å²) in [6.07, 6.45) is 1.21. The second kappa shape index (κ2) is 15.2. The lowest BCUT2D eigenvalue weighted by atomic mass is 10.1. The van der Waals surface area contributed by atoms with Gasteiger partial charge in [-0.25, -0.2) is 4.68 Å². The van der Waals surface area contributed by atoms with Gasteiger partial charge in [-0.3, -0.25) is 4.79 Å². The molecule has 8 nitrogen and oxygen atoms in total. The Bertz CT molecular complexity index is 1310. The van der Waals surface area contributed by atoms with E-state index in [0.29, 0.717) is 22.6 Å². The predicted octanol–water partition coefficient (Wildman–Crippen LogP) is 6.33. The van der Waals surface area contributed by atoms with Crippen molar-refractivity contribution in [1.29, 1.82) is 0 Å². The van der Waals surface area contributed by atoms with Crippen LogP contribution in [0.1, 0.15) is 44.0 Å². The Morgan fingerprint density at radius 2 is 1.74 bits per heavy atom. The summed E-state index contributed by atoms with van der Waals surface area (Å²) < 4.78 is 3.94. The van der Waals surface area contributed by atoms with Crippen LogP contribution in [0.15, 0.2) is 42.5 Å². The maximum atomic E-state index is 11.1. The van der Waals surface area contributed by atoms with E-state index in [0.717, 1.165) is 25.4 Å². The number of hydrogen-bond acceptors (Lipinski definition) is 8. The summed E-state index contributed by atoms with van der Waals surface area (Å²) in [6, 6.07) is 12.7. The maximum absolute atomic E-state index is 11.1. The van der Waals surface area contributed by atoms with Gasteiger partial charge >= 0.3 is 0 Å². The van der Waals surface area contributed by atoms with Crippen LogP contribution < -0.4 is 5.73 Å². The summed E-state index contributed by atoms with van der Waals surface area (Å²) >= 11 is 16.8. The van der Waals surface area contributed by atoms with E-state index in [1.54, 1.807) is 54.3 Å². The van der Waals surface area contributed by atoms with Gasteiger partial charge in [-0.2, -0.15) is 5.21 Å². The topological polar surface area (TPSA) is 122 Å². The number of tetrazole rings is 1. The first kappa shape index (κ1) is 29.3. The average molecular weight is 539 g/mol. The number of nitrogens with one attached hydrogen (secondary N) is 2. The van der Waals surface area contributed by atoms with Gasteiger partial charge in [-0.1, -0.05) is 35.8 Å². The quantitative estimate of drug-likeness (QED) is 0.158. The van der Waals surface area contributed by atoms with Crippen LogP contribution in [0.5, 0.6) is 0 Å². The minimum absolute atomic E-state index is 0.154. The number of nitrogens with two attached hydrogens (primary N) is 1. The Morgan fingerprint density at radius 3 is 2.18 bits per heavy atom. The lowest BCUT2D eigenvalue weighted by Gasteiger charge is -1.95. The fraction of sp³-hybridized carbons (Fsp3) is 0.273. The predicted molar refractivity (Wildman–Crippen MR) is 145 cm³/mol. The molecule has 0 amide bonds. The van der Waals surface area contributed by atoms with Crippen LogP contribution >= 0.6 is 47.4 Å². The Balaban J connectivity index is 0.000000238. The number of H-pyrrole nitrogens is 2. The van der Waals surface area contributed by atoms with Gasteiger partial charge in [0, 0.05) is 36.2 Å². The number of benzene rings is 2. The lowest BCUT2D eigenvalue weighted by Crippen LogP contribution is -1.94. The Morgan fingerprint density at radius 1 is 1.12 bits per heavy atom. The minimum atomic E-state index is 0.154. The zero-order chi connectivity index (χ0) is 25.7. The number of fused-ring (bicyclic) bond motifs is 1. The number of aryl methyl sites for hydroxylation is 1. The normalized spacial score (nSPS) is 9.56. The van der Waals surface area contributed by atoms with E-state index >= 15 is 0 Å². The molecule has 0 spiro atoms. The molecule has 0 fully saturated rings. The first-order valence-corrected chi connectivity index (χ1v) is 12.2. The summed E-state index contributed by atoms with van der Waals surface area (Å²) in [5, 5.41) is 10.1. The smallest absolute Gasteiger partial charge is 0.237 e. The first-order chi connectivity index (χ1) is 16.1. The molecule has 0 atom stereocenters. The molecule has 2 aromatic heterocycles. The van der Waals surface area contributed by atoms with Crippen LogP contribution in [-0.4, -0.2) is 36.8 Å². The number of anilines is 1. The molecule has 0 aliphatic rings. The molecule has 2 heterocycles. The molecule has 34 heavy (non-hydrogen) atoms. The molecule has 0 radical (unpaired) electrons. The van der Waals surface area contributed by atoms with Gasteiger partial charge in [0.25, 0.3) is 0 Å². The highest BCUT2D eigenvalue weighted by Gasteiger charge is 2.00. The van der Waals surface area contributed by atoms with Crippen molar-refractivity contribution in [2.24, 2.45) is 7.05 Å². The van der Waals surface area contributed by atoms with E-state index in [1.807, 2.05) is 32.0 Å². The van der Waals surface area contributed by atoms with Crippen LogP contribution in [0.25, 0.3) is 10.2 Å². The molecule has 0 saturated carbocycles. The van der Waals surface area contributed by atoms with Crippen molar-refractivity contribution in [3.63, 3.8) is 0 Å². The van der Waals surface area contributed by atoms with Crippen LogP contribution in [0, 0.1) is 8.73 Å². The summed E-state index contributed by atoms with van der Waals surface area (Å²) in [5.74, 6) is 0.409. The highest BCUT2D eigenvalue weighted by molar-refractivity contribution is 7.73. The average Bonchev–Trinajstić information content (AvgIpc) is 3.37. The minimum Gasteiger partial charge on any atom is -0.399 e. The third kappa shape index (κ3) is 10.9. The van der Waals surface area contributed by atoms with Gasteiger partial charge in [0.05, 0.1) is 10.2 Å². The monoisotopic (exact) mass is 538 g/mol. The molecule has 4 rings (SSSR count). The first-order valence-electron chi connectivity index (χ1n) is 10.2. The second-order valence-electron chi connectivity index (χ2n) is 6.75. The molecule has 0 unspecified atom stereocenters. The Kier molecular flexibility index (Phi) is 13.1. The molecule has 4 N–H and O–H groups in total. The van der Waals surface area contributed by atoms with Gasteiger partial charge in [0.2, 0.25) is 4.77 Å². The molecular formula is C22H27ClN6O2S3. The number of rotatable bonds is 3. The second-order valence-corrected chi connectivity index (χ2v) is 9.27. The summed E-state index contributed by atoms with van der Waals surface area (Å²) in [5.41, 5.74) is 8.17. The van der Waals surface area contributed by atoms with Crippen LogP contribution in [-0.2, 0) is 11.8 Å². The maximum Gasteiger partial charge on any atom is 0.237 e. The fourth-order valence-corrected chi connectivity index (χ4v) is 3.42. The van der Waals surface area contributed by atoms with E-state index in [9.17, 15) is 9.59 Å². The van der Waals surface area contributed by atoms with E-state index in [1.165, 1.54) is 0 Å². The summed E-state index contributed by atoms with van der Waals surface area (Å²) in [6.45, 7) is 5.28. The van der Waals surface area contributed by atoms with Crippen molar-refractivity contribution in [3.05, 3.63) is 61.8 Å². The summed E-state index contributed by atoms with van der Waals surface area (Å²) in [7, 11) is 1.75. The molecule has 182 valence electrons. The molecular weight excluding hydrogens is 512 g/mol. The SMILES string of the molecule is CCC(=O)c1ccc(Cl)cc1.CCC(C)=O.Cn1[nH]nnc1=S.Nc1ccc2[nH]c(=S)sc2c1. The highest BCUT2D eigenvalue weighted by Crippen LogP contribution is 2.21. The zero-order valence-electron chi connectivity index (χ0n) is 19.3. The number of aromatic amines is 2. The Hall–Kier alpha value is -2.73. The van der Waals surface area contributed by atoms with E-state index in [-0.39, 0.29) is 11.6 Å². The van der Waals surface area contributed by atoms with Gasteiger partial charge in [0.15, 0.2) is 9.74 Å². The number of thiazole rings is 1. The van der Waals surface area contributed by atoms with E-state index in [4.69, 9.17) is 29.6 Å². The van der Waals surface area contributed by atoms with Crippen molar-refractivity contribution in [2.45, 2.75) is 33.6 Å². The number of nitrogen functional groups attached to an aromatic ring is 1. The number of hydrogen-bond donors (Lipinski definition) is 3. The molecule has 12 heteroatoms. The number of aromatic nitrogens is 5. The standard InChI is InChI=1S/C9H9ClO.C7H6N2S2.C4H8O.C2H4N4S/c1-2-9(11)7-3-5-8(10)6-4-7;8-4-1-2-5-6(3-4)11-7(10)9-5;1-3-4(2)5;1-6-2(7)3-4-5-6/h3-6H,2H2,1H3;1-3H,8H2,(H,9,10);3H2,1-2H3;1H3,(H,3,5,7). The zero-order valence-corrected chi connectivity index (χ0v) is 22.5. The van der Waals surface area contributed by atoms with Crippen LogP contribution in [0.3, 0.4) is 0 Å². The van der Waals surface area contributed by atoms with Crippen molar-refractivity contribution < 1.29 is 9.59 Å². The number of halogens is 1. The molecule has 2 aromatic carbocycles. The van der Waals surface area contributed by atoms with Crippen LogP contribution in [0.2, 0.25) is 5.02 Å². The largest absolute Gasteiger partial charge is 0.399 e. The van der Waals surface area contributed by atoms with Gasteiger partial charge in [0.1, 0.15) is 5.78 Å². The van der Waals surface area contributed by atoms with Gasteiger partial charge in [-0.05, 0) is 73.8 Å². The van der Waals surface area contributed by atoms with Crippen molar-refractivity contribution in [1.82, 2.24) is 25.2 Å². The number of Topliss-reactive ketones (excluding diaryl/α,β-unsaturated/α-hetero) is 2. The van der Waals surface area contributed by atoms with E-state index < -0.39 is 0 Å². The van der Waals surface area contributed by atoms with Gasteiger partial charge in [-0.15, -0.1) is 11.3 Å². The number of ketones is 2. The molecule has 4 aromatic rings.